The predicted molar refractivity (Wildman–Crippen MR) is 126 cm³/mol. The second kappa shape index (κ2) is 12.1. The Morgan fingerprint density at radius 2 is 1.71 bits per heavy atom. The second-order valence-electron chi connectivity index (χ2n) is 8.30. The largest absolute Gasteiger partial charge is 0.371 e. The minimum atomic E-state index is -0.228. The number of carbonyl (C=O) groups excluding carboxylic acids is 2. The highest BCUT2D eigenvalue weighted by Crippen LogP contribution is 2.19. The molecule has 0 bridgehead atoms. The number of rotatable bonds is 12. The molecule has 0 spiro atoms. The van der Waals surface area contributed by atoms with Crippen molar-refractivity contribution in [2.75, 3.05) is 37.6 Å². The van der Waals surface area contributed by atoms with Crippen molar-refractivity contribution in [2.45, 2.75) is 39.0 Å². The second-order valence-corrected chi connectivity index (χ2v) is 8.30. The van der Waals surface area contributed by atoms with Crippen molar-refractivity contribution in [2.24, 2.45) is 5.92 Å². The van der Waals surface area contributed by atoms with E-state index in [0.29, 0.717) is 26.1 Å². The van der Waals surface area contributed by atoms with Crippen molar-refractivity contribution >= 4 is 17.5 Å². The van der Waals surface area contributed by atoms with E-state index >= 15 is 0 Å². The lowest BCUT2D eigenvalue weighted by Crippen LogP contribution is -2.35. The van der Waals surface area contributed by atoms with Gasteiger partial charge in [0.1, 0.15) is 0 Å². The Labute approximate surface area is 186 Å². The summed E-state index contributed by atoms with van der Waals surface area (Å²) in [6.07, 6.45) is 4.37. The van der Waals surface area contributed by atoms with Gasteiger partial charge in [-0.3, -0.25) is 9.59 Å². The van der Waals surface area contributed by atoms with Crippen LogP contribution in [-0.4, -0.2) is 49.4 Å². The Balaban J connectivity index is 1.39. The van der Waals surface area contributed by atoms with Gasteiger partial charge in [-0.25, -0.2) is 0 Å². The van der Waals surface area contributed by atoms with Crippen LogP contribution >= 0.6 is 0 Å². The van der Waals surface area contributed by atoms with Crippen LogP contribution in [0.2, 0.25) is 0 Å². The number of anilines is 1. The van der Waals surface area contributed by atoms with Gasteiger partial charge in [-0.15, -0.1) is 0 Å². The van der Waals surface area contributed by atoms with E-state index in [1.54, 1.807) is 0 Å². The summed E-state index contributed by atoms with van der Waals surface area (Å²) in [6.45, 7) is 6.00. The average Bonchev–Trinajstić information content (AvgIpc) is 3.19. The number of carbonyl (C=O) groups is 2. The molecule has 3 rings (SSSR count). The van der Waals surface area contributed by atoms with Gasteiger partial charge in [0.25, 0.3) is 0 Å². The normalized spacial score (nSPS) is 15.8. The van der Waals surface area contributed by atoms with Gasteiger partial charge in [-0.2, -0.15) is 0 Å². The molecule has 1 atom stereocenters. The lowest BCUT2D eigenvalue weighted by atomic mass is 10.1. The van der Waals surface area contributed by atoms with Crippen LogP contribution in [0.5, 0.6) is 0 Å². The first-order valence-electron chi connectivity index (χ1n) is 11.6. The molecule has 5 nitrogen and oxygen atoms in total. The van der Waals surface area contributed by atoms with Gasteiger partial charge in [0, 0.05) is 44.8 Å². The van der Waals surface area contributed by atoms with Gasteiger partial charge in [0.15, 0.2) is 0 Å². The summed E-state index contributed by atoms with van der Waals surface area (Å²) in [5.41, 5.74) is 2.45. The molecule has 1 aliphatic heterocycles. The van der Waals surface area contributed by atoms with E-state index < -0.39 is 0 Å². The fraction of sp³-hybridized carbons (Fsp3) is 0.462. The Kier molecular flexibility index (Phi) is 8.95. The molecule has 2 amide bonds. The zero-order valence-corrected chi connectivity index (χ0v) is 18.6. The lowest BCUT2D eigenvalue weighted by Gasteiger charge is -2.25. The van der Waals surface area contributed by atoms with Crippen molar-refractivity contribution in [1.82, 2.24) is 10.2 Å². The number of hydrogen-bond donors (Lipinski definition) is 1. The third-order valence-corrected chi connectivity index (χ3v) is 5.91. The Hall–Kier alpha value is -2.82. The lowest BCUT2D eigenvalue weighted by molar-refractivity contribution is -0.129. The molecule has 0 radical (unpaired) electrons. The first-order chi connectivity index (χ1) is 15.2. The molecule has 2 aromatic carbocycles. The maximum Gasteiger partial charge on any atom is 0.225 e. The summed E-state index contributed by atoms with van der Waals surface area (Å²) in [4.78, 5) is 29.1. The molecular weight excluding hydrogens is 386 g/mol. The first-order valence-corrected chi connectivity index (χ1v) is 11.6. The predicted octanol–water partition coefficient (Wildman–Crippen LogP) is 3.89. The van der Waals surface area contributed by atoms with E-state index in [1.807, 2.05) is 29.2 Å². The molecule has 1 saturated heterocycles. The van der Waals surface area contributed by atoms with E-state index in [1.165, 1.54) is 11.3 Å². The van der Waals surface area contributed by atoms with Crippen LogP contribution in [0.4, 0.5) is 5.69 Å². The Morgan fingerprint density at radius 1 is 1.03 bits per heavy atom. The van der Waals surface area contributed by atoms with Crippen LogP contribution in [0, 0.1) is 5.92 Å². The number of benzene rings is 2. The topological polar surface area (TPSA) is 52.7 Å². The summed E-state index contributed by atoms with van der Waals surface area (Å²) in [6, 6.07) is 20.6. The number of nitrogens with one attached hydrogen (secondary N) is 1. The summed E-state index contributed by atoms with van der Waals surface area (Å²) >= 11 is 0. The molecule has 166 valence electrons. The van der Waals surface area contributed by atoms with Crippen LogP contribution in [0.15, 0.2) is 60.7 Å². The maximum atomic E-state index is 12.6. The van der Waals surface area contributed by atoms with Gasteiger partial charge < -0.3 is 15.1 Å². The molecule has 1 fully saturated rings. The van der Waals surface area contributed by atoms with Crippen LogP contribution in [0.25, 0.3) is 0 Å². The third kappa shape index (κ3) is 7.12. The molecule has 0 aliphatic carbocycles. The smallest absolute Gasteiger partial charge is 0.225 e. The van der Waals surface area contributed by atoms with Crippen molar-refractivity contribution < 1.29 is 9.59 Å². The van der Waals surface area contributed by atoms with E-state index in [9.17, 15) is 9.59 Å². The van der Waals surface area contributed by atoms with E-state index in [4.69, 9.17) is 0 Å². The molecule has 0 saturated carbocycles. The molecule has 0 aromatic heterocycles. The molecule has 1 aliphatic rings. The highest BCUT2D eigenvalue weighted by Gasteiger charge is 2.33. The SMILES string of the molecule is CCCCN(CCCNC(=O)[C@H]1CC(=O)N(CCc2ccccc2)C1)c1ccccc1. The van der Waals surface area contributed by atoms with Crippen LogP contribution < -0.4 is 10.2 Å². The molecule has 5 heteroatoms. The average molecular weight is 422 g/mol. The highest BCUT2D eigenvalue weighted by molar-refractivity contribution is 5.89. The number of likely N-dealkylation sites (tertiary alicyclic amines) is 1. The molecule has 0 unspecified atom stereocenters. The van der Waals surface area contributed by atoms with Gasteiger partial charge in [-0.05, 0) is 37.0 Å². The van der Waals surface area contributed by atoms with Crippen LogP contribution in [0.3, 0.4) is 0 Å². The molecule has 1 N–H and O–H groups in total. The summed E-state index contributed by atoms with van der Waals surface area (Å²) < 4.78 is 0. The van der Waals surface area contributed by atoms with Crippen molar-refractivity contribution in [3.63, 3.8) is 0 Å². The minimum Gasteiger partial charge on any atom is -0.371 e. The van der Waals surface area contributed by atoms with E-state index in [2.05, 4.69) is 53.5 Å². The quantitative estimate of drug-likeness (QED) is 0.529. The number of hydrogen-bond acceptors (Lipinski definition) is 3. The van der Waals surface area contributed by atoms with E-state index in [-0.39, 0.29) is 17.7 Å². The number of amides is 2. The summed E-state index contributed by atoms with van der Waals surface area (Å²) in [5, 5.41) is 3.06. The third-order valence-electron chi connectivity index (χ3n) is 5.91. The number of unbranched alkanes of at least 4 members (excludes halogenated alkanes) is 1. The van der Waals surface area contributed by atoms with Crippen LogP contribution in [-0.2, 0) is 16.0 Å². The minimum absolute atomic E-state index is 0.00961. The molecule has 31 heavy (non-hydrogen) atoms. The summed E-state index contributed by atoms with van der Waals surface area (Å²) in [5.74, 6) is -0.130. The monoisotopic (exact) mass is 421 g/mol. The maximum absolute atomic E-state index is 12.6. The molecule has 2 aromatic rings. The van der Waals surface area contributed by atoms with Crippen molar-refractivity contribution in [1.29, 1.82) is 0 Å². The van der Waals surface area contributed by atoms with Gasteiger partial charge in [0.05, 0.1) is 5.92 Å². The zero-order valence-electron chi connectivity index (χ0n) is 18.6. The van der Waals surface area contributed by atoms with Gasteiger partial charge >= 0.3 is 0 Å². The fourth-order valence-electron chi connectivity index (χ4n) is 4.06. The Morgan fingerprint density at radius 3 is 2.42 bits per heavy atom. The summed E-state index contributed by atoms with van der Waals surface area (Å²) in [7, 11) is 0. The van der Waals surface area contributed by atoms with Crippen molar-refractivity contribution in [3.8, 4) is 0 Å². The standard InChI is InChI=1S/C26H35N3O2/c1-2-3-17-28(24-13-8-5-9-14-24)18-10-16-27-26(31)23-20-25(30)29(21-23)19-15-22-11-6-4-7-12-22/h4-9,11-14,23H,2-3,10,15-21H2,1H3,(H,27,31)/t23-/m0/s1. The number of nitrogens with zero attached hydrogens (tertiary/aromatic N) is 2. The van der Waals surface area contributed by atoms with Gasteiger partial charge in [0.2, 0.25) is 11.8 Å². The fourth-order valence-corrected chi connectivity index (χ4v) is 4.06. The Bertz CT molecular complexity index is 810. The van der Waals surface area contributed by atoms with Crippen molar-refractivity contribution in [3.05, 3.63) is 66.2 Å². The van der Waals surface area contributed by atoms with Gasteiger partial charge in [-0.1, -0.05) is 61.9 Å². The highest BCUT2D eigenvalue weighted by atomic mass is 16.2. The molecular formula is C26H35N3O2. The van der Waals surface area contributed by atoms with Crippen LogP contribution in [0.1, 0.15) is 38.2 Å². The zero-order chi connectivity index (χ0) is 21.9. The molecule has 1 heterocycles. The number of para-hydroxylation sites is 1. The first kappa shape index (κ1) is 22.9. The van der Waals surface area contributed by atoms with E-state index in [0.717, 1.165) is 38.8 Å².